The highest BCUT2D eigenvalue weighted by molar-refractivity contribution is 6.34. The van der Waals surface area contributed by atoms with Crippen molar-refractivity contribution in [1.82, 2.24) is 4.98 Å². The van der Waals surface area contributed by atoms with E-state index in [0.717, 1.165) is 0 Å². The quantitative estimate of drug-likeness (QED) is 0.925. The number of hydrogen-bond acceptors (Lipinski definition) is 3. The molecule has 1 amide bonds. The van der Waals surface area contributed by atoms with Crippen LogP contribution in [0.2, 0.25) is 5.02 Å². The van der Waals surface area contributed by atoms with E-state index >= 15 is 0 Å². The van der Waals surface area contributed by atoms with E-state index in [2.05, 4.69) is 10.3 Å². The Morgan fingerprint density at radius 1 is 1.33 bits per heavy atom. The first-order valence-corrected chi connectivity index (χ1v) is 5.64. The minimum absolute atomic E-state index is 0.299. The van der Waals surface area contributed by atoms with Crippen LogP contribution in [0.25, 0.3) is 0 Å². The van der Waals surface area contributed by atoms with Gasteiger partial charge in [-0.15, -0.1) is 0 Å². The number of ether oxygens (including phenoxy) is 1. The lowest BCUT2D eigenvalue weighted by atomic mass is 10.2. The number of carbonyl (C=O) groups is 1. The number of methoxy groups -OCH3 is 1. The number of nitrogens with one attached hydrogen (secondary N) is 1. The van der Waals surface area contributed by atoms with E-state index in [1.54, 1.807) is 25.3 Å². The standard InChI is InChI=1S/C13H11ClN2O2/c1-18-12-5-3-2-4-11(12)16-13(17)9-6-7-15-8-10(9)14/h2-8H,1H3,(H,16,17). The van der Waals surface area contributed by atoms with Gasteiger partial charge in [0.15, 0.2) is 0 Å². The van der Waals surface area contributed by atoms with Crippen molar-refractivity contribution in [2.24, 2.45) is 0 Å². The molecule has 5 heteroatoms. The first-order chi connectivity index (χ1) is 8.72. The largest absolute Gasteiger partial charge is 0.495 e. The van der Waals surface area contributed by atoms with E-state index in [1.165, 1.54) is 12.4 Å². The fourth-order valence-corrected chi connectivity index (χ4v) is 1.70. The van der Waals surface area contributed by atoms with Crippen LogP contribution in [0.15, 0.2) is 42.7 Å². The summed E-state index contributed by atoms with van der Waals surface area (Å²) in [5, 5.41) is 3.05. The Balaban J connectivity index is 2.24. The highest BCUT2D eigenvalue weighted by Crippen LogP contribution is 2.24. The second kappa shape index (κ2) is 5.51. The summed E-state index contributed by atoms with van der Waals surface area (Å²) >= 11 is 5.90. The molecule has 2 aromatic rings. The lowest BCUT2D eigenvalue weighted by Gasteiger charge is -2.10. The Morgan fingerprint density at radius 2 is 2.11 bits per heavy atom. The molecule has 0 bridgehead atoms. The molecule has 2 rings (SSSR count). The molecular weight excluding hydrogens is 252 g/mol. The van der Waals surface area contributed by atoms with Crippen molar-refractivity contribution in [1.29, 1.82) is 0 Å². The predicted octanol–water partition coefficient (Wildman–Crippen LogP) is 3.00. The molecule has 18 heavy (non-hydrogen) atoms. The average Bonchev–Trinajstić information content (AvgIpc) is 2.39. The fraction of sp³-hybridized carbons (Fsp3) is 0.0769. The molecule has 0 saturated carbocycles. The molecule has 0 aliphatic heterocycles. The van der Waals surface area contributed by atoms with Crippen LogP contribution in [-0.4, -0.2) is 18.0 Å². The zero-order valence-electron chi connectivity index (χ0n) is 9.68. The third-order valence-electron chi connectivity index (χ3n) is 2.37. The second-order valence-corrected chi connectivity index (χ2v) is 3.92. The van der Waals surface area contributed by atoms with Crippen molar-refractivity contribution in [3.63, 3.8) is 0 Å². The van der Waals surface area contributed by atoms with E-state index in [1.807, 2.05) is 12.1 Å². The molecular formula is C13H11ClN2O2. The zero-order valence-corrected chi connectivity index (χ0v) is 10.4. The summed E-state index contributed by atoms with van der Waals surface area (Å²) in [6.45, 7) is 0. The molecule has 1 N–H and O–H groups in total. The van der Waals surface area contributed by atoms with Gasteiger partial charge in [-0.3, -0.25) is 9.78 Å². The van der Waals surface area contributed by atoms with Crippen LogP contribution in [0.4, 0.5) is 5.69 Å². The Morgan fingerprint density at radius 3 is 2.83 bits per heavy atom. The zero-order chi connectivity index (χ0) is 13.0. The molecule has 0 fully saturated rings. The summed E-state index contributed by atoms with van der Waals surface area (Å²) in [6.07, 6.45) is 2.95. The van der Waals surface area contributed by atoms with E-state index < -0.39 is 0 Å². The van der Waals surface area contributed by atoms with Crippen molar-refractivity contribution < 1.29 is 9.53 Å². The summed E-state index contributed by atoms with van der Waals surface area (Å²) in [4.78, 5) is 15.9. The molecule has 92 valence electrons. The first kappa shape index (κ1) is 12.4. The number of anilines is 1. The van der Waals surface area contributed by atoms with Crippen LogP contribution in [0, 0.1) is 0 Å². The number of aromatic nitrogens is 1. The van der Waals surface area contributed by atoms with E-state index in [4.69, 9.17) is 16.3 Å². The first-order valence-electron chi connectivity index (χ1n) is 5.26. The maximum absolute atomic E-state index is 12.0. The number of carbonyl (C=O) groups excluding carboxylic acids is 1. The topological polar surface area (TPSA) is 51.2 Å². The van der Waals surface area contributed by atoms with Gasteiger partial charge in [-0.05, 0) is 18.2 Å². The van der Waals surface area contributed by atoms with Crippen molar-refractivity contribution in [2.45, 2.75) is 0 Å². The van der Waals surface area contributed by atoms with Gasteiger partial charge in [0.2, 0.25) is 0 Å². The number of halogens is 1. The van der Waals surface area contributed by atoms with E-state index in [0.29, 0.717) is 22.0 Å². The third-order valence-corrected chi connectivity index (χ3v) is 2.67. The van der Waals surface area contributed by atoms with Gasteiger partial charge in [0, 0.05) is 12.4 Å². The summed E-state index contributed by atoms with van der Waals surface area (Å²) in [7, 11) is 1.55. The lowest BCUT2D eigenvalue weighted by molar-refractivity contribution is 0.102. The average molecular weight is 263 g/mol. The monoisotopic (exact) mass is 262 g/mol. The van der Waals surface area contributed by atoms with Crippen molar-refractivity contribution >= 4 is 23.2 Å². The molecule has 0 spiro atoms. The molecule has 0 aliphatic rings. The number of hydrogen-bond donors (Lipinski definition) is 1. The molecule has 0 atom stereocenters. The molecule has 0 radical (unpaired) electrons. The molecule has 1 aromatic heterocycles. The van der Waals surface area contributed by atoms with Crippen LogP contribution >= 0.6 is 11.6 Å². The lowest BCUT2D eigenvalue weighted by Crippen LogP contribution is -2.13. The predicted molar refractivity (Wildman–Crippen MR) is 70.2 cm³/mol. The highest BCUT2D eigenvalue weighted by atomic mass is 35.5. The second-order valence-electron chi connectivity index (χ2n) is 3.51. The van der Waals surface area contributed by atoms with E-state index in [9.17, 15) is 4.79 Å². The van der Waals surface area contributed by atoms with Crippen LogP contribution < -0.4 is 10.1 Å². The van der Waals surface area contributed by atoms with Crippen LogP contribution in [0.3, 0.4) is 0 Å². The van der Waals surface area contributed by atoms with Crippen LogP contribution in [-0.2, 0) is 0 Å². The van der Waals surface area contributed by atoms with Crippen LogP contribution in [0.5, 0.6) is 5.75 Å². The molecule has 0 aliphatic carbocycles. The normalized spacial score (nSPS) is 9.89. The highest BCUT2D eigenvalue weighted by Gasteiger charge is 2.12. The minimum Gasteiger partial charge on any atom is -0.495 e. The Labute approximate surface area is 110 Å². The van der Waals surface area contributed by atoms with Gasteiger partial charge in [-0.25, -0.2) is 0 Å². The van der Waals surface area contributed by atoms with E-state index in [-0.39, 0.29) is 5.91 Å². The molecule has 1 heterocycles. The maximum Gasteiger partial charge on any atom is 0.257 e. The number of benzene rings is 1. The fourth-order valence-electron chi connectivity index (χ4n) is 1.50. The molecule has 0 unspecified atom stereocenters. The third kappa shape index (κ3) is 2.60. The summed E-state index contributed by atoms with van der Waals surface area (Å²) in [5.74, 6) is 0.294. The summed E-state index contributed by atoms with van der Waals surface area (Å²) < 4.78 is 5.15. The Hall–Kier alpha value is -2.07. The van der Waals surface area contributed by atoms with Gasteiger partial charge in [0.1, 0.15) is 5.75 Å². The van der Waals surface area contributed by atoms with Crippen molar-refractivity contribution in [2.75, 3.05) is 12.4 Å². The summed E-state index contributed by atoms with van der Waals surface area (Å²) in [5.41, 5.74) is 0.968. The Bertz CT molecular complexity index is 572. The van der Waals surface area contributed by atoms with Gasteiger partial charge in [-0.2, -0.15) is 0 Å². The maximum atomic E-state index is 12.0. The van der Waals surface area contributed by atoms with Gasteiger partial charge in [-0.1, -0.05) is 23.7 Å². The number of pyridine rings is 1. The van der Waals surface area contributed by atoms with Crippen LogP contribution in [0.1, 0.15) is 10.4 Å². The molecule has 0 saturated heterocycles. The van der Waals surface area contributed by atoms with Gasteiger partial charge < -0.3 is 10.1 Å². The molecule has 1 aromatic carbocycles. The number of nitrogens with zero attached hydrogens (tertiary/aromatic N) is 1. The van der Waals surface area contributed by atoms with Crippen molar-refractivity contribution in [3.05, 3.63) is 53.3 Å². The van der Waals surface area contributed by atoms with Crippen molar-refractivity contribution in [3.8, 4) is 5.75 Å². The Kier molecular flexibility index (Phi) is 3.79. The number of amides is 1. The summed E-state index contributed by atoms with van der Waals surface area (Å²) in [6, 6.07) is 8.73. The number of para-hydroxylation sites is 2. The smallest absolute Gasteiger partial charge is 0.257 e. The molecule has 4 nitrogen and oxygen atoms in total. The SMILES string of the molecule is COc1ccccc1NC(=O)c1ccncc1Cl. The van der Waals surface area contributed by atoms with Gasteiger partial charge >= 0.3 is 0 Å². The van der Waals surface area contributed by atoms with Gasteiger partial charge in [0.25, 0.3) is 5.91 Å². The number of rotatable bonds is 3. The minimum atomic E-state index is -0.299. The van der Waals surface area contributed by atoms with Gasteiger partial charge in [0.05, 0.1) is 23.4 Å².